The van der Waals surface area contributed by atoms with Crippen LogP contribution in [0.25, 0.3) is 0 Å². The van der Waals surface area contributed by atoms with Gasteiger partial charge in [-0.2, -0.15) is 0 Å². The van der Waals surface area contributed by atoms with Gasteiger partial charge < -0.3 is 10.5 Å². The average Bonchev–Trinajstić information content (AvgIpc) is 2.64. The summed E-state index contributed by atoms with van der Waals surface area (Å²) in [5.74, 6) is 0.731. The molecule has 0 amide bonds. The molecule has 0 spiro atoms. The second kappa shape index (κ2) is 8.93. The third-order valence-corrected chi connectivity index (χ3v) is 4.63. The Hall–Kier alpha value is -0.120. The normalized spacial score (nSPS) is 19.9. The minimum absolute atomic E-state index is 0.234. The van der Waals surface area contributed by atoms with Crippen LogP contribution in [0.5, 0.6) is 0 Å². The first kappa shape index (κ1) is 16.9. The number of hydrogen-bond acceptors (Lipinski definition) is 3. The van der Waals surface area contributed by atoms with E-state index in [4.69, 9.17) is 10.5 Å². The lowest BCUT2D eigenvalue weighted by atomic mass is 9.88. The molecular formula is C16H34N2O. The first-order chi connectivity index (χ1) is 9.10. The van der Waals surface area contributed by atoms with Gasteiger partial charge in [-0.1, -0.05) is 39.5 Å². The van der Waals surface area contributed by atoms with Gasteiger partial charge in [0, 0.05) is 25.2 Å². The lowest BCUT2D eigenvalue weighted by Gasteiger charge is -2.41. The molecule has 3 heteroatoms. The minimum Gasteiger partial charge on any atom is -0.380 e. The van der Waals surface area contributed by atoms with Gasteiger partial charge in [-0.3, -0.25) is 4.90 Å². The monoisotopic (exact) mass is 270 g/mol. The number of ether oxygens (including phenoxy) is 1. The van der Waals surface area contributed by atoms with Crippen molar-refractivity contribution in [3.05, 3.63) is 0 Å². The number of rotatable bonds is 8. The summed E-state index contributed by atoms with van der Waals surface area (Å²) in [7, 11) is 2.23. The summed E-state index contributed by atoms with van der Waals surface area (Å²) < 4.78 is 5.74. The van der Waals surface area contributed by atoms with Crippen LogP contribution in [0.4, 0.5) is 0 Å². The van der Waals surface area contributed by atoms with Crippen LogP contribution in [0, 0.1) is 5.92 Å². The molecule has 0 aromatic rings. The Kier molecular flexibility index (Phi) is 7.96. The summed E-state index contributed by atoms with van der Waals surface area (Å²) in [6.07, 6.45) is 9.08. The molecule has 0 unspecified atom stereocenters. The Morgan fingerprint density at radius 1 is 1.11 bits per heavy atom. The highest BCUT2D eigenvalue weighted by molar-refractivity contribution is 4.91. The van der Waals surface area contributed by atoms with E-state index >= 15 is 0 Å². The molecule has 2 N–H and O–H groups in total. The summed E-state index contributed by atoms with van der Waals surface area (Å²) in [6.45, 7) is 8.01. The molecule has 0 heterocycles. The summed E-state index contributed by atoms with van der Waals surface area (Å²) in [4.78, 5) is 2.47. The molecule has 0 atom stereocenters. The van der Waals surface area contributed by atoms with E-state index in [-0.39, 0.29) is 5.54 Å². The molecule has 0 bridgehead atoms. The van der Waals surface area contributed by atoms with Gasteiger partial charge in [0.05, 0.1) is 6.61 Å². The summed E-state index contributed by atoms with van der Waals surface area (Å²) in [5.41, 5.74) is 6.33. The van der Waals surface area contributed by atoms with Crippen molar-refractivity contribution in [1.29, 1.82) is 0 Å². The molecule has 0 aromatic carbocycles. The second-order valence-electron chi connectivity index (χ2n) is 6.56. The second-order valence-corrected chi connectivity index (χ2v) is 6.56. The van der Waals surface area contributed by atoms with E-state index in [2.05, 4.69) is 25.8 Å². The first-order valence-corrected chi connectivity index (χ1v) is 8.10. The van der Waals surface area contributed by atoms with Gasteiger partial charge in [0.2, 0.25) is 0 Å². The lowest BCUT2D eigenvalue weighted by Crippen LogP contribution is -2.52. The number of nitrogens with zero attached hydrogens (tertiary/aromatic N) is 1. The van der Waals surface area contributed by atoms with Gasteiger partial charge in [-0.15, -0.1) is 0 Å². The zero-order valence-corrected chi connectivity index (χ0v) is 13.3. The predicted molar refractivity (Wildman–Crippen MR) is 82.4 cm³/mol. The average molecular weight is 270 g/mol. The molecule has 1 saturated carbocycles. The Bertz CT molecular complexity index is 223. The van der Waals surface area contributed by atoms with Gasteiger partial charge in [0.1, 0.15) is 0 Å². The van der Waals surface area contributed by atoms with Crippen LogP contribution < -0.4 is 5.73 Å². The number of likely N-dealkylation sites (N-methyl/N-ethyl adjacent to an activating group) is 1. The molecule has 3 nitrogen and oxygen atoms in total. The van der Waals surface area contributed by atoms with Gasteiger partial charge in [-0.05, 0) is 32.2 Å². The maximum atomic E-state index is 6.10. The summed E-state index contributed by atoms with van der Waals surface area (Å²) in [5, 5.41) is 0. The Labute approximate surface area is 119 Å². The summed E-state index contributed by atoms with van der Waals surface area (Å²) >= 11 is 0. The SMILES string of the molecule is CC(C)CCOCCN(C)C1(CN)CCCCCC1. The van der Waals surface area contributed by atoms with E-state index in [0.717, 1.165) is 38.6 Å². The molecule has 0 aliphatic heterocycles. The standard InChI is InChI=1S/C16H34N2O/c1-15(2)8-12-19-13-11-18(3)16(14-17)9-6-4-5-7-10-16/h15H,4-14,17H2,1-3H3. The van der Waals surface area contributed by atoms with Crippen LogP contribution in [0.15, 0.2) is 0 Å². The molecule has 1 aliphatic rings. The van der Waals surface area contributed by atoms with Crippen molar-refractivity contribution in [3.8, 4) is 0 Å². The minimum atomic E-state index is 0.234. The van der Waals surface area contributed by atoms with Crippen molar-refractivity contribution in [1.82, 2.24) is 4.90 Å². The lowest BCUT2D eigenvalue weighted by molar-refractivity contribution is 0.0513. The molecule has 0 radical (unpaired) electrons. The van der Waals surface area contributed by atoms with Crippen molar-refractivity contribution in [2.24, 2.45) is 11.7 Å². The van der Waals surface area contributed by atoms with Crippen molar-refractivity contribution in [2.45, 2.75) is 64.3 Å². The molecule has 114 valence electrons. The predicted octanol–water partition coefficient (Wildman–Crippen LogP) is 3.03. The van der Waals surface area contributed by atoms with Crippen LogP contribution in [0.2, 0.25) is 0 Å². The fraction of sp³-hybridized carbons (Fsp3) is 1.00. The number of hydrogen-bond donors (Lipinski definition) is 1. The smallest absolute Gasteiger partial charge is 0.0593 e. The van der Waals surface area contributed by atoms with Gasteiger partial charge in [0.15, 0.2) is 0 Å². The molecule has 19 heavy (non-hydrogen) atoms. The van der Waals surface area contributed by atoms with E-state index in [1.54, 1.807) is 0 Å². The highest BCUT2D eigenvalue weighted by Gasteiger charge is 2.33. The molecule has 1 aliphatic carbocycles. The van der Waals surface area contributed by atoms with E-state index in [1.807, 2.05) is 0 Å². The Balaban J connectivity index is 2.30. The zero-order valence-electron chi connectivity index (χ0n) is 13.3. The van der Waals surface area contributed by atoms with Crippen LogP contribution in [-0.4, -0.2) is 43.8 Å². The third kappa shape index (κ3) is 5.80. The molecular weight excluding hydrogens is 236 g/mol. The van der Waals surface area contributed by atoms with Gasteiger partial charge >= 0.3 is 0 Å². The molecule has 1 fully saturated rings. The van der Waals surface area contributed by atoms with E-state index in [9.17, 15) is 0 Å². The largest absolute Gasteiger partial charge is 0.380 e. The highest BCUT2D eigenvalue weighted by atomic mass is 16.5. The van der Waals surface area contributed by atoms with Crippen LogP contribution >= 0.6 is 0 Å². The third-order valence-electron chi connectivity index (χ3n) is 4.63. The van der Waals surface area contributed by atoms with Crippen molar-refractivity contribution < 1.29 is 4.74 Å². The fourth-order valence-electron chi connectivity index (χ4n) is 2.99. The van der Waals surface area contributed by atoms with Crippen molar-refractivity contribution >= 4 is 0 Å². The Morgan fingerprint density at radius 2 is 1.74 bits per heavy atom. The summed E-state index contributed by atoms with van der Waals surface area (Å²) in [6, 6.07) is 0. The quantitative estimate of drug-likeness (QED) is 0.544. The topological polar surface area (TPSA) is 38.5 Å². The molecule has 0 aromatic heterocycles. The highest BCUT2D eigenvalue weighted by Crippen LogP contribution is 2.30. The van der Waals surface area contributed by atoms with E-state index in [0.29, 0.717) is 0 Å². The molecule has 0 saturated heterocycles. The van der Waals surface area contributed by atoms with Crippen LogP contribution in [-0.2, 0) is 4.74 Å². The van der Waals surface area contributed by atoms with E-state index in [1.165, 1.54) is 38.5 Å². The molecule has 1 rings (SSSR count). The maximum absolute atomic E-state index is 6.10. The maximum Gasteiger partial charge on any atom is 0.0593 e. The van der Waals surface area contributed by atoms with Crippen LogP contribution in [0.1, 0.15) is 58.8 Å². The van der Waals surface area contributed by atoms with Gasteiger partial charge in [-0.25, -0.2) is 0 Å². The van der Waals surface area contributed by atoms with E-state index < -0.39 is 0 Å². The first-order valence-electron chi connectivity index (χ1n) is 8.10. The fourth-order valence-corrected chi connectivity index (χ4v) is 2.99. The van der Waals surface area contributed by atoms with Crippen molar-refractivity contribution in [2.75, 3.05) is 33.4 Å². The van der Waals surface area contributed by atoms with Crippen LogP contribution in [0.3, 0.4) is 0 Å². The van der Waals surface area contributed by atoms with Crippen molar-refractivity contribution in [3.63, 3.8) is 0 Å². The zero-order chi connectivity index (χ0) is 14.1. The number of nitrogens with two attached hydrogens (primary N) is 1. The van der Waals surface area contributed by atoms with Gasteiger partial charge in [0.25, 0.3) is 0 Å². The Morgan fingerprint density at radius 3 is 2.26 bits per heavy atom.